The van der Waals surface area contributed by atoms with E-state index in [0.717, 1.165) is 4.88 Å². The van der Waals surface area contributed by atoms with Crippen LogP contribution < -0.4 is 14.8 Å². The Hall–Kier alpha value is -3.39. The van der Waals surface area contributed by atoms with Crippen LogP contribution in [-0.4, -0.2) is 38.0 Å². The molecule has 2 aromatic carbocycles. The van der Waals surface area contributed by atoms with Crippen molar-refractivity contribution in [2.24, 2.45) is 0 Å². The normalized spacial score (nSPS) is 17.8. The predicted octanol–water partition coefficient (Wildman–Crippen LogP) is 4.45. The number of anilines is 1. The molecule has 0 spiro atoms. The lowest BCUT2D eigenvalue weighted by Gasteiger charge is -2.39. The fourth-order valence-corrected chi connectivity index (χ4v) is 4.82. The van der Waals surface area contributed by atoms with E-state index in [1.807, 2.05) is 17.5 Å². The SMILES string of the molecule is COc1cc2c(cc1OC)[C@H](C(=O)Nc1ccccc1F)[C@H](c1cccs1)N(C)C2=O. The molecule has 1 N–H and O–H groups in total. The molecule has 1 aromatic heterocycles. The fourth-order valence-electron chi connectivity index (χ4n) is 3.92. The van der Waals surface area contributed by atoms with E-state index in [4.69, 9.17) is 9.47 Å². The standard InChI is InChI=1S/C23H21FN2O4S/c1-26-21(19-9-6-10-31-19)20(22(27)25-16-8-5-4-7-15(16)24)13-11-17(29-2)18(30-3)12-14(13)23(26)28/h4-12,20-21H,1-3H3,(H,25,27)/t20-,21-/m0/s1. The maximum absolute atomic E-state index is 14.2. The highest BCUT2D eigenvalue weighted by Gasteiger charge is 2.44. The van der Waals surface area contributed by atoms with Gasteiger partial charge in [-0.05, 0) is 41.3 Å². The van der Waals surface area contributed by atoms with Gasteiger partial charge in [-0.1, -0.05) is 18.2 Å². The zero-order valence-electron chi connectivity index (χ0n) is 17.2. The number of ether oxygens (including phenoxy) is 2. The lowest BCUT2D eigenvalue weighted by molar-refractivity contribution is -0.119. The summed E-state index contributed by atoms with van der Waals surface area (Å²) in [6.07, 6.45) is 0. The Bertz CT molecular complexity index is 1130. The zero-order valence-corrected chi connectivity index (χ0v) is 18.0. The minimum absolute atomic E-state index is 0.0824. The highest BCUT2D eigenvalue weighted by atomic mass is 32.1. The molecule has 0 bridgehead atoms. The molecule has 0 radical (unpaired) electrons. The third-order valence-electron chi connectivity index (χ3n) is 5.42. The molecule has 3 aromatic rings. The summed E-state index contributed by atoms with van der Waals surface area (Å²) in [5, 5.41) is 4.59. The van der Waals surface area contributed by atoms with Gasteiger partial charge in [0.2, 0.25) is 5.91 Å². The third kappa shape index (κ3) is 3.63. The molecule has 0 aliphatic carbocycles. The number of hydrogen-bond donors (Lipinski definition) is 1. The van der Waals surface area contributed by atoms with Gasteiger partial charge in [-0.2, -0.15) is 0 Å². The summed E-state index contributed by atoms with van der Waals surface area (Å²) < 4.78 is 25.0. The highest BCUT2D eigenvalue weighted by Crippen LogP contribution is 2.46. The molecular formula is C23H21FN2O4S. The number of methoxy groups -OCH3 is 2. The van der Waals surface area contributed by atoms with E-state index in [-0.39, 0.29) is 11.6 Å². The van der Waals surface area contributed by atoms with Crippen LogP contribution in [0.2, 0.25) is 0 Å². The number of amides is 2. The first-order valence-corrected chi connectivity index (χ1v) is 10.5. The van der Waals surface area contributed by atoms with Crippen molar-refractivity contribution in [2.45, 2.75) is 12.0 Å². The number of carbonyl (C=O) groups excluding carboxylic acids is 2. The summed E-state index contributed by atoms with van der Waals surface area (Å²) >= 11 is 1.45. The maximum atomic E-state index is 14.2. The number of hydrogen-bond acceptors (Lipinski definition) is 5. The average molecular weight is 440 g/mol. The summed E-state index contributed by atoms with van der Waals surface area (Å²) in [6, 6.07) is 12.4. The van der Waals surface area contributed by atoms with E-state index in [1.54, 1.807) is 36.2 Å². The molecule has 0 saturated heterocycles. The minimum atomic E-state index is -0.782. The van der Waals surface area contributed by atoms with Crippen molar-refractivity contribution in [1.82, 2.24) is 4.90 Å². The molecule has 1 aliphatic heterocycles. The van der Waals surface area contributed by atoms with Crippen LogP contribution >= 0.6 is 11.3 Å². The molecule has 2 amide bonds. The van der Waals surface area contributed by atoms with Gasteiger partial charge in [0.25, 0.3) is 5.91 Å². The van der Waals surface area contributed by atoms with E-state index in [1.165, 1.54) is 37.7 Å². The van der Waals surface area contributed by atoms with Crippen LogP contribution in [0.3, 0.4) is 0 Å². The van der Waals surface area contributed by atoms with Crippen LogP contribution in [0, 0.1) is 5.82 Å². The van der Waals surface area contributed by atoms with Gasteiger partial charge in [-0.25, -0.2) is 4.39 Å². The Kier molecular flexibility index (Phi) is 5.65. The topological polar surface area (TPSA) is 67.9 Å². The van der Waals surface area contributed by atoms with Crippen LogP contribution in [0.1, 0.15) is 32.8 Å². The number of benzene rings is 2. The molecule has 160 valence electrons. The van der Waals surface area contributed by atoms with Crippen molar-refractivity contribution < 1.29 is 23.5 Å². The number of nitrogens with one attached hydrogen (secondary N) is 1. The molecule has 0 saturated carbocycles. The lowest BCUT2D eigenvalue weighted by atomic mass is 9.81. The van der Waals surface area contributed by atoms with Crippen molar-refractivity contribution in [3.63, 3.8) is 0 Å². The zero-order chi connectivity index (χ0) is 22.1. The van der Waals surface area contributed by atoms with Crippen molar-refractivity contribution in [2.75, 3.05) is 26.6 Å². The first-order valence-electron chi connectivity index (χ1n) is 9.58. The summed E-state index contributed by atoms with van der Waals surface area (Å²) in [5.41, 5.74) is 0.939. The largest absolute Gasteiger partial charge is 0.493 e. The van der Waals surface area contributed by atoms with Gasteiger partial charge in [0.15, 0.2) is 11.5 Å². The maximum Gasteiger partial charge on any atom is 0.254 e. The van der Waals surface area contributed by atoms with Crippen molar-refractivity contribution >= 4 is 28.8 Å². The number of likely N-dealkylation sites (N-methyl/N-ethyl adjacent to an activating group) is 1. The Morgan fingerprint density at radius 2 is 1.81 bits per heavy atom. The van der Waals surface area contributed by atoms with Crippen LogP contribution in [0.4, 0.5) is 10.1 Å². The Morgan fingerprint density at radius 1 is 1.10 bits per heavy atom. The molecule has 2 atom stereocenters. The second-order valence-corrected chi connectivity index (χ2v) is 8.10. The summed E-state index contributed by atoms with van der Waals surface area (Å²) in [7, 11) is 4.64. The molecular weight excluding hydrogens is 419 g/mol. The van der Waals surface area contributed by atoms with E-state index in [0.29, 0.717) is 22.6 Å². The van der Waals surface area contributed by atoms with Gasteiger partial charge < -0.3 is 19.7 Å². The number of rotatable bonds is 5. The molecule has 1 aliphatic rings. The third-order valence-corrected chi connectivity index (χ3v) is 6.37. The number of carbonyl (C=O) groups is 2. The van der Waals surface area contributed by atoms with Crippen LogP contribution in [0.15, 0.2) is 53.9 Å². The Balaban J connectivity index is 1.87. The van der Waals surface area contributed by atoms with Gasteiger partial charge in [-0.3, -0.25) is 9.59 Å². The monoisotopic (exact) mass is 440 g/mol. The van der Waals surface area contributed by atoms with Crippen molar-refractivity contribution in [3.05, 3.63) is 75.7 Å². The molecule has 0 unspecified atom stereocenters. The quantitative estimate of drug-likeness (QED) is 0.636. The van der Waals surface area contributed by atoms with Gasteiger partial charge in [0.05, 0.1) is 31.9 Å². The van der Waals surface area contributed by atoms with E-state index in [2.05, 4.69) is 5.32 Å². The highest BCUT2D eigenvalue weighted by molar-refractivity contribution is 7.10. The average Bonchev–Trinajstić information content (AvgIpc) is 3.31. The van der Waals surface area contributed by atoms with E-state index >= 15 is 0 Å². The lowest BCUT2D eigenvalue weighted by Crippen LogP contribution is -2.43. The van der Waals surface area contributed by atoms with Gasteiger partial charge in [0, 0.05) is 17.5 Å². The first-order chi connectivity index (χ1) is 15.0. The Morgan fingerprint density at radius 3 is 2.45 bits per heavy atom. The smallest absolute Gasteiger partial charge is 0.254 e. The molecule has 6 nitrogen and oxygen atoms in total. The number of thiophene rings is 1. The van der Waals surface area contributed by atoms with Crippen LogP contribution in [-0.2, 0) is 4.79 Å². The molecule has 8 heteroatoms. The molecule has 31 heavy (non-hydrogen) atoms. The molecule has 2 heterocycles. The number of fused-ring (bicyclic) bond motifs is 1. The number of para-hydroxylation sites is 1. The predicted molar refractivity (Wildman–Crippen MR) is 116 cm³/mol. The second kappa shape index (κ2) is 8.39. The number of nitrogens with zero attached hydrogens (tertiary/aromatic N) is 1. The van der Waals surface area contributed by atoms with E-state index < -0.39 is 23.7 Å². The van der Waals surface area contributed by atoms with E-state index in [9.17, 15) is 14.0 Å². The Labute approximate surface area is 183 Å². The van der Waals surface area contributed by atoms with Crippen molar-refractivity contribution in [1.29, 1.82) is 0 Å². The summed E-state index contributed by atoms with van der Waals surface area (Å²) in [5.74, 6) is -1.16. The van der Waals surface area contributed by atoms with Gasteiger partial charge >= 0.3 is 0 Å². The summed E-state index contributed by atoms with van der Waals surface area (Å²) in [6.45, 7) is 0. The molecule has 0 fully saturated rings. The van der Waals surface area contributed by atoms with Gasteiger partial charge in [0.1, 0.15) is 5.82 Å². The molecule has 4 rings (SSSR count). The fraction of sp³-hybridized carbons (Fsp3) is 0.217. The van der Waals surface area contributed by atoms with Crippen LogP contribution in [0.5, 0.6) is 11.5 Å². The second-order valence-electron chi connectivity index (χ2n) is 7.12. The van der Waals surface area contributed by atoms with Crippen LogP contribution in [0.25, 0.3) is 0 Å². The number of halogens is 1. The summed E-state index contributed by atoms with van der Waals surface area (Å²) in [4.78, 5) is 29.1. The minimum Gasteiger partial charge on any atom is -0.493 e. The van der Waals surface area contributed by atoms with Gasteiger partial charge in [-0.15, -0.1) is 11.3 Å². The first kappa shape index (κ1) is 20.9. The van der Waals surface area contributed by atoms with Crippen molar-refractivity contribution in [3.8, 4) is 11.5 Å².